The summed E-state index contributed by atoms with van der Waals surface area (Å²) in [6.45, 7) is 4.24. The van der Waals surface area contributed by atoms with Crippen molar-refractivity contribution in [1.82, 2.24) is 0 Å². The Kier molecular flexibility index (Phi) is 3.62. The first kappa shape index (κ1) is 12.3. The van der Waals surface area contributed by atoms with Crippen LogP contribution in [0.3, 0.4) is 0 Å². The van der Waals surface area contributed by atoms with Gasteiger partial charge in [0.1, 0.15) is 10.8 Å². The van der Waals surface area contributed by atoms with E-state index in [1.807, 2.05) is 0 Å². The molecule has 92 valence electrons. The van der Waals surface area contributed by atoms with Crippen molar-refractivity contribution in [3.63, 3.8) is 0 Å². The molecule has 1 aromatic carbocycles. The molecule has 0 spiro atoms. The SMILES string of the molecule is CC1CCN(c2ccc(F)cc2C(N)=S)CC1. The summed E-state index contributed by atoms with van der Waals surface area (Å²) in [5, 5.41) is 0. The third-order valence-corrected chi connectivity index (χ3v) is 3.57. The highest BCUT2D eigenvalue weighted by atomic mass is 32.1. The lowest BCUT2D eigenvalue weighted by atomic mass is 9.98. The third-order valence-electron chi connectivity index (χ3n) is 3.35. The van der Waals surface area contributed by atoms with Gasteiger partial charge >= 0.3 is 0 Å². The topological polar surface area (TPSA) is 29.3 Å². The van der Waals surface area contributed by atoms with Crippen LogP contribution in [0.2, 0.25) is 0 Å². The monoisotopic (exact) mass is 252 g/mol. The fourth-order valence-electron chi connectivity index (χ4n) is 2.23. The highest BCUT2D eigenvalue weighted by Gasteiger charge is 2.19. The molecule has 1 aliphatic rings. The molecule has 0 aliphatic carbocycles. The molecule has 1 fully saturated rings. The van der Waals surface area contributed by atoms with Gasteiger partial charge in [-0.2, -0.15) is 0 Å². The molecule has 1 aromatic rings. The number of anilines is 1. The zero-order valence-corrected chi connectivity index (χ0v) is 10.8. The van der Waals surface area contributed by atoms with Gasteiger partial charge in [-0.3, -0.25) is 0 Å². The van der Waals surface area contributed by atoms with E-state index in [9.17, 15) is 4.39 Å². The molecule has 0 aromatic heterocycles. The van der Waals surface area contributed by atoms with Gasteiger partial charge < -0.3 is 10.6 Å². The number of benzene rings is 1. The van der Waals surface area contributed by atoms with Gasteiger partial charge in [-0.25, -0.2) is 4.39 Å². The normalized spacial score (nSPS) is 17.2. The summed E-state index contributed by atoms with van der Waals surface area (Å²) in [6.07, 6.45) is 2.32. The van der Waals surface area contributed by atoms with Crippen LogP contribution in [-0.2, 0) is 0 Å². The van der Waals surface area contributed by atoms with Crippen LogP contribution in [0.15, 0.2) is 18.2 Å². The van der Waals surface area contributed by atoms with Crippen molar-refractivity contribution >= 4 is 22.9 Å². The van der Waals surface area contributed by atoms with E-state index in [1.165, 1.54) is 12.1 Å². The number of hydrogen-bond donors (Lipinski definition) is 1. The Morgan fingerprint density at radius 2 is 2.06 bits per heavy atom. The second kappa shape index (κ2) is 5.00. The zero-order valence-electron chi connectivity index (χ0n) is 9.95. The van der Waals surface area contributed by atoms with Gasteiger partial charge in [0.05, 0.1) is 0 Å². The van der Waals surface area contributed by atoms with Gasteiger partial charge in [-0.15, -0.1) is 0 Å². The molecular formula is C13H17FN2S. The Labute approximate surface area is 107 Å². The predicted octanol–water partition coefficient (Wildman–Crippen LogP) is 2.70. The Morgan fingerprint density at radius 3 is 2.65 bits per heavy atom. The van der Waals surface area contributed by atoms with Crippen LogP contribution in [-0.4, -0.2) is 18.1 Å². The lowest BCUT2D eigenvalue weighted by Crippen LogP contribution is -2.34. The number of hydrogen-bond acceptors (Lipinski definition) is 2. The second-order valence-corrected chi connectivity index (χ2v) is 5.14. The molecule has 2 N–H and O–H groups in total. The average molecular weight is 252 g/mol. The Hall–Kier alpha value is -1.16. The lowest BCUT2D eigenvalue weighted by molar-refractivity contribution is 0.438. The molecule has 17 heavy (non-hydrogen) atoms. The third kappa shape index (κ3) is 2.75. The molecule has 0 saturated carbocycles. The first-order chi connectivity index (χ1) is 8.08. The number of nitrogens with two attached hydrogens (primary N) is 1. The van der Waals surface area contributed by atoms with E-state index in [0.717, 1.165) is 37.5 Å². The summed E-state index contributed by atoms with van der Waals surface area (Å²) in [5.41, 5.74) is 7.27. The highest BCUT2D eigenvalue weighted by molar-refractivity contribution is 7.80. The molecule has 1 heterocycles. The van der Waals surface area contributed by atoms with E-state index in [-0.39, 0.29) is 10.8 Å². The quantitative estimate of drug-likeness (QED) is 0.821. The number of thiocarbonyl (C=S) groups is 1. The number of piperidine rings is 1. The van der Waals surface area contributed by atoms with Gasteiger partial charge in [0.15, 0.2) is 0 Å². The van der Waals surface area contributed by atoms with Crippen LogP contribution >= 0.6 is 12.2 Å². The molecule has 2 nitrogen and oxygen atoms in total. The molecule has 4 heteroatoms. The molecular weight excluding hydrogens is 235 g/mol. The number of nitrogens with zero attached hydrogens (tertiary/aromatic N) is 1. The molecule has 2 rings (SSSR count). The molecule has 0 atom stereocenters. The summed E-state index contributed by atoms with van der Waals surface area (Å²) in [6, 6.07) is 4.67. The zero-order chi connectivity index (χ0) is 12.4. The van der Waals surface area contributed by atoms with Crippen LogP contribution in [0.5, 0.6) is 0 Å². The largest absolute Gasteiger partial charge is 0.389 e. The standard InChI is InChI=1S/C13H17FN2S/c1-9-4-6-16(7-5-9)12-3-2-10(14)8-11(12)13(15)17/h2-3,8-9H,4-7H2,1H3,(H2,15,17). The van der Waals surface area contributed by atoms with Crippen molar-refractivity contribution in [2.24, 2.45) is 11.7 Å². The predicted molar refractivity (Wildman–Crippen MR) is 72.9 cm³/mol. The van der Waals surface area contributed by atoms with Gasteiger partial charge in [-0.1, -0.05) is 19.1 Å². The molecule has 0 amide bonds. The summed E-state index contributed by atoms with van der Waals surface area (Å²) in [7, 11) is 0. The van der Waals surface area contributed by atoms with Gasteiger partial charge in [0.2, 0.25) is 0 Å². The van der Waals surface area contributed by atoms with Crippen molar-refractivity contribution in [2.75, 3.05) is 18.0 Å². The lowest BCUT2D eigenvalue weighted by Gasteiger charge is -2.33. The number of rotatable bonds is 2. The maximum atomic E-state index is 13.2. The number of halogens is 1. The Balaban J connectivity index is 2.28. The average Bonchev–Trinajstić information content (AvgIpc) is 2.30. The Bertz CT molecular complexity index is 425. The molecule has 0 unspecified atom stereocenters. The minimum Gasteiger partial charge on any atom is -0.389 e. The van der Waals surface area contributed by atoms with Crippen LogP contribution in [0.4, 0.5) is 10.1 Å². The molecule has 0 bridgehead atoms. The molecule has 0 radical (unpaired) electrons. The van der Waals surface area contributed by atoms with Crippen molar-refractivity contribution < 1.29 is 4.39 Å². The first-order valence-corrected chi connectivity index (χ1v) is 6.33. The van der Waals surface area contributed by atoms with E-state index in [2.05, 4.69) is 11.8 Å². The van der Waals surface area contributed by atoms with Crippen molar-refractivity contribution in [3.05, 3.63) is 29.6 Å². The van der Waals surface area contributed by atoms with E-state index < -0.39 is 0 Å². The summed E-state index contributed by atoms with van der Waals surface area (Å²) in [5.74, 6) is 0.474. The van der Waals surface area contributed by atoms with Crippen molar-refractivity contribution in [2.45, 2.75) is 19.8 Å². The highest BCUT2D eigenvalue weighted by Crippen LogP contribution is 2.26. The van der Waals surface area contributed by atoms with Gasteiger partial charge in [0, 0.05) is 24.3 Å². The van der Waals surface area contributed by atoms with Crippen LogP contribution in [0.25, 0.3) is 0 Å². The summed E-state index contributed by atoms with van der Waals surface area (Å²) in [4.78, 5) is 2.51. The van der Waals surface area contributed by atoms with Crippen LogP contribution < -0.4 is 10.6 Å². The first-order valence-electron chi connectivity index (χ1n) is 5.92. The molecule has 1 aliphatic heterocycles. The summed E-state index contributed by atoms with van der Waals surface area (Å²) >= 11 is 4.99. The minimum absolute atomic E-state index is 0.262. The maximum Gasteiger partial charge on any atom is 0.124 e. The van der Waals surface area contributed by atoms with Crippen LogP contribution in [0.1, 0.15) is 25.3 Å². The van der Waals surface area contributed by atoms with Crippen molar-refractivity contribution in [3.8, 4) is 0 Å². The maximum absolute atomic E-state index is 13.2. The van der Waals surface area contributed by atoms with Crippen molar-refractivity contribution in [1.29, 1.82) is 0 Å². The minimum atomic E-state index is -0.290. The smallest absolute Gasteiger partial charge is 0.124 e. The van der Waals surface area contributed by atoms with E-state index in [4.69, 9.17) is 18.0 Å². The van der Waals surface area contributed by atoms with E-state index in [1.54, 1.807) is 6.07 Å². The van der Waals surface area contributed by atoms with Gasteiger partial charge in [0.25, 0.3) is 0 Å². The van der Waals surface area contributed by atoms with E-state index in [0.29, 0.717) is 5.56 Å². The Morgan fingerprint density at radius 1 is 1.41 bits per heavy atom. The fourth-order valence-corrected chi connectivity index (χ4v) is 2.39. The molecule has 1 saturated heterocycles. The summed E-state index contributed by atoms with van der Waals surface area (Å²) < 4.78 is 13.2. The van der Waals surface area contributed by atoms with E-state index >= 15 is 0 Å². The fraction of sp³-hybridized carbons (Fsp3) is 0.462. The van der Waals surface area contributed by atoms with Gasteiger partial charge in [-0.05, 0) is 37.0 Å². The van der Waals surface area contributed by atoms with Crippen LogP contribution in [0, 0.1) is 11.7 Å². The second-order valence-electron chi connectivity index (χ2n) is 4.70.